The Balaban J connectivity index is 1.56. The first-order valence-corrected chi connectivity index (χ1v) is 10.5. The molecule has 1 aromatic rings. The van der Waals surface area contributed by atoms with E-state index in [-0.39, 0.29) is 5.92 Å². The lowest BCUT2D eigenvalue weighted by Crippen LogP contribution is -2.45. The van der Waals surface area contributed by atoms with Crippen LogP contribution in [0.15, 0.2) is 0 Å². The number of hydrogen-bond acceptors (Lipinski definition) is 5. The van der Waals surface area contributed by atoms with Gasteiger partial charge in [-0.1, -0.05) is 5.21 Å². The van der Waals surface area contributed by atoms with Gasteiger partial charge in [-0.25, -0.2) is 4.68 Å². The second-order valence-electron chi connectivity index (χ2n) is 7.81. The number of hydrogen-bond donors (Lipinski definition) is 0. The number of aromatic nitrogens is 3. The molecule has 0 saturated heterocycles. The van der Waals surface area contributed by atoms with E-state index in [9.17, 15) is 8.42 Å². The first-order chi connectivity index (χ1) is 11.9. The molecule has 1 unspecified atom stereocenters. The minimum absolute atomic E-state index is 0.00836. The molecule has 8 nitrogen and oxygen atoms in total. The Hall–Kier alpha value is -1.03. The van der Waals surface area contributed by atoms with Gasteiger partial charge in [0, 0.05) is 39.7 Å². The second-order valence-corrected chi connectivity index (χ2v) is 9.95. The lowest BCUT2D eigenvalue weighted by molar-refractivity contribution is 0.0987. The standard InChI is InChI=1S/C16H27N5O3S/c1-19(2)25(22,23)20-8-14(11-24-10-13-5-6-13)16-15(9-20)17-18-21(16)7-12-3-4-12/h12-14H,3-11H2,1-2H3. The zero-order valence-electron chi connectivity index (χ0n) is 15.0. The van der Waals surface area contributed by atoms with Gasteiger partial charge >= 0.3 is 0 Å². The van der Waals surface area contributed by atoms with E-state index < -0.39 is 10.2 Å². The van der Waals surface area contributed by atoms with Gasteiger partial charge in [-0.3, -0.25) is 0 Å². The summed E-state index contributed by atoms with van der Waals surface area (Å²) in [7, 11) is -0.346. The lowest BCUT2D eigenvalue weighted by Gasteiger charge is -2.33. The highest BCUT2D eigenvalue weighted by molar-refractivity contribution is 7.86. The third kappa shape index (κ3) is 3.74. The lowest BCUT2D eigenvalue weighted by atomic mass is 10.0. The third-order valence-electron chi connectivity index (χ3n) is 5.27. The molecular weight excluding hydrogens is 342 g/mol. The summed E-state index contributed by atoms with van der Waals surface area (Å²) in [5, 5.41) is 8.62. The predicted molar refractivity (Wildman–Crippen MR) is 92.0 cm³/mol. The van der Waals surface area contributed by atoms with Crippen LogP contribution in [0.2, 0.25) is 0 Å². The molecule has 0 amide bonds. The largest absolute Gasteiger partial charge is 0.380 e. The Morgan fingerprint density at radius 2 is 1.88 bits per heavy atom. The molecule has 0 spiro atoms. The monoisotopic (exact) mass is 369 g/mol. The summed E-state index contributed by atoms with van der Waals surface area (Å²) in [5.74, 6) is 1.38. The fraction of sp³-hybridized carbons (Fsp3) is 0.875. The van der Waals surface area contributed by atoms with E-state index in [1.54, 1.807) is 14.1 Å². The number of nitrogens with zero attached hydrogens (tertiary/aromatic N) is 5. The summed E-state index contributed by atoms with van der Waals surface area (Å²) >= 11 is 0. The highest BCUT2D eigenvalue weighted by atomic mass is 32.2. The average Bonchev–Trinajstić information content (AvgIpc) is 3.48. The van der Waals surface area contributed by atoms with E-state index in [0.29, 0.717) is 31.5 Å². The van der Waals surface area contributed by atoms with E-state index in [2.05, 4.69) is 10.3 Å². The maximum absolute atomic E-state index is 12.6. The van der Waals surface area contributed by atoms with E-state index in [0.717, 1.165) is 24.5 Å². The maximum atomic E-state index is 12.6. The van der Waals surface area contributed by atoms with Crippen LogP contribution in [0, 0.1) is 11.8 Å². The van der Waals surface area contributed by atoms with Crippen molar-refractivity contribution in [1.29, 1.82) is 0 Å². The van der Waals surface area contributed by atoms with Gasteiger partial charge < -0.3 is 4.74 Å². The van der Waals surface area contributed by atoms with Crippen LogP contribution in [0.3, 0.4) is 0 Å². The average molecular weight is 369 g/mol. The number of rotatable bonds is 8. The fourth-order valence-electron chi connectivity index (χ4n) is 3.36. The molecule has 25 heavy (non-hydrogen) atoms. The van der Waals surface area contributed by atoms with E-state index in [4.69, 9.17) is 4.74 Å². The van der Waals surface area contributed by atoms with Crippen LogP contribution < -0.4 is 0 Å². The summed E-state index contributed by atoms with van der Waals surface area (Å²) in [4.78, 5) is 0. The molecule has 0 N–H and O–H groups in total. The van der Waals surface area contributed by atoms with Crippen LogP contribution >= 0.6 is 0 Å². The summed E-state index contributed by atoms with van der Waals surface area (Å²) in [6.45, 7) is 2.91. The van der Waals surface area contributed by atoms with Crippen LogP contribution in [0.25, 0.3) is 0 Å². The van der Waals surface area contributed by atoms with Gasteiger partial charge in [0.1, 0.15) is 5.69 Å². The van der Waals surface area contributed by atoms with Crippen LogP contribution in [0.4, 0.5) is 0 Å². The number of ether oxygens (including phenoxy) is 1. The van der Waals surface area contributed by atoms with Crippen molar-refractivity contribution in [2.45, 2.75) is 44.7 Å². The molecule has 4 rings (SSSR count). The Morgan fingerprint density at radius 3 is 2.52 bits per heavy atom. The molecule has 2 aliphatic carbocycles. The van der Waals surface area contributed by atoms with Gasteiger partial charge in [-0.05, 0) is 37.5 Å². The van der Waals surface area contributed by atoms with Crippen molar-refractivity contribution in [1.82, 2.24) is 23.6 Å². The minimum Gasteiger partial charge on any atom is -0.380 e. The van der Waals surface area contributed by atoms with Crippen molar-refractivity contribution >= 4 is 10.2 Å². The van der Waals surface area contributed by atoms with Crippen molar-refractivity contribution < 1.29 is 13.2 Å². The molecule has 0 aromatic carbocycles. The molecule has 2 saturated carbocycles. The summed E-state index contributed by atoms with van der Waals surface area (Å²) in [6.07, 6.45) is 4.99. The predicted octanol–water partition coefficient (Wildman–Crippen LogP) is 0.820. The fourth-order valence-corrected chi connectivity index (χ4v) is 4.47. The summed E-state index contributed by atoms with van der Waals surface area (Å²) in [6, 6.07) is 0. The van der Waals surface area contributed by atoms with Crippen LogP contribution in [0.1, 0.15) is 43.0 Å². The van der Waals surface area contributed by atoms with Gasteiger partial charge in [0.15, 0.2) is 0 Å². The topological polar surface area (TPSA) is 80.6 Å². The molecule has 1 atom stereocenters. The third-order valence-corrected chi connectivity index (χ3v) is 7.12. The maximum Gasteiger partial charge on any atom is 0.281 e. The minimum atomic E-state index is -3.47. The van der Waals surface area contributed by atoms with Gasteiger partial charge in [0.25, 0.3) is 10.2 Å². The highest BCUT2D eigenvalue weighted by Gasteiger charge is 2.38. The van der Waals surface area contributed by atoms with Gasteiger partial charge in [-0.15, -0.1) is 5.10 Å². The van der Waals surface area contributed by atoms with E-state index in [1.807, 2.05) is 4.68 Å². The van der Waals surface area contributed by atoms with E-state index >= 15 is 0 Å². The van der Waals surface area contributed by atoms with Crippen LogP contribution in [-0.4, -0.2) is 65.9 Å². The highest BCUT2D eigenvalue weighted by Crippen LogP contribution is 2.35. The SMILES string of the molecule is CN(C)S(=O)(=O)N1Cc2nnn(CC3CC3)c2C(COCC2CC2)C1. The molecule has 1 aromatic heterocycles. The van der Waals surface area contributed by atoms with Crippen molar-refractivity contribution in [3.05, 3.63) is 11.4 Å². The smallest absolute Gasteiger partial charge is 0.281 e. The first-order valence-electron chi connectivity index (χ1n) is 9.12. The van der Waals surface area contributed by atoms with Crippen LogP contribution in [0.5, 0.6) is 0 Å². The molecule has 0 bridgehead atoms. The van der Waals surface area contributed by atoms with Crippen LogP contribution in [-0.2, 0) is 28.0 Å². The van der Waals surface area contributed by atoms with Gasteiger partial charge in [0.2, 0.25) is 0 Å². The first kappa shape index (κ1) is 17.4. The molecule has 2 fully saturated rings. The van der Waals surface area contributed by atoms with Crippen molar-refractivity contribution in [3.8, 4) is 0 Å². The summed E-state index contributed by atoms with van der Waals surface area (Å²) < 4.78 is 35.8. The Kier molecular flexibility index (Phi) is 4.59. The molecule has 1 aliphatic heterocycles. The Labute approximate surface area is 149 Å². The van der Waals surface area contributed by atoms with Crippen molar-refractivity contribution in [2.24, 2.45) is 11.8 Å². The molecule has 2 heterocycles. The zero-order chi connectivity index (χ0) is 17.6. The van der Waals surface area contributed by atoms with Crippen molar-refractivity contribution in [3.63, 3.8) is 0 Å². The Morgan fingerprint density at radius 1 is 1.16 bits per heavy atom. The molecule has 140 valence electrons. The van der Waals surface area contributed by atoms with E-state index in [1.165, 1.54) is 34.3 Å². The Bertz CT molecular complexity index is 724. The molecule has 0 radical (unpaired) electrons. The number of fused-ring (bicyclic) bond motifs is 1. The van der Waals surface area contributed by atoms with Gasteiger partial charge in [-0.2, -0.15) is 17.0 Å². The molecule has 9 heteroatoms. The quantitative estimate of drug-likeness (QED) is 0.678. The zero-order valence-corrected chi connectivity index (χ0v) is 15.8. The molecule has 3 aliphatic rings. The van der Waals surface area contributed by atoms with Gasteiger partial charge in [0.05, 0.1) is 18.8 Å². The molecular formula is C16H27N5O3S. The van der Waals surface area contributed by atoms with Crippen molar-refractivity contribution in [2.75, 3.05) is 33.9 Å². The normalized spacial score (nSPS) is 24.7. The summed E-state index contributed by atoms with van der Waals surface area (Å²) in [5.41, 5.74) is 1.85. The second kappa shape index (κ2) is 6.61.